The lowest BCUT2D eigenvalue weighted by Crippen LogP contribution is -2.49. The molecule has 1 aliphatic heterocycles. The Morgan fingerprint density at radius 2 is 1.85 bits per heavy atom. The van der Waals surface area contributed by atoms with E-state index in [0.29, 0.717) is 38.3 Å². The van der Waals surface area contributed by atoms with E-state index in [9.17, 15) is 13.2 Å². The van der Waals surface area contributed by atoms with Gasteiger partial charge in [-0.3, -0.25) is 9.69 Å². The maximum Gasteiger partial charge on any atom is 0.251 e. The number of nitrogens with zero attached hydrogens (tertiary/aromatic N) is 2. The van der Waals surface area contributed by atoms with E-state index in [0.717, 1.165) is 18.5 Å². The van der Waals surface area contributed by atoms with Gasteiger partial charge in [-0.1, -0.05) is 24.3 Å². The molecule has 2 aromatic rings. The van der Waals surface area contributed by atoms with Crippen LogP contribution in [0.2, 0.25) is 0 Å². The first-order chi connectivity index (χ1) is 12.9. The second kappa shape index (κ2) is 8.97. The predicted octanol–water partition coefficient (Wildman–Crippen LogP) is 1.65. The number of rotatable bonds is 7. The van der Waals surface area contributed by atoms with Crippen molar-refractivity contribution in [2.24, 2.45) is 0 Å². The quantitative estimate of drug-likeness (QED) is 0.758. The number of nitrogens with one attached hydrogen (secondary N) is 1. The van der Waals surface area contributed by atoms with Crippen LogP contribution in [-0.4, -0.2) is 69.1 Å². The molecule has 8 heteroatoms. The summed E-state index contributed by atoms with van der Waals surface area (Å²) < 4.78 is 24.6. The normalized spacial score (nSPS) is 16.3. The number of amides is 1. The topological polar surface area (TPSA) is 69.7 Å². The first kappa shape index (κ1) is 20.0. The largest absolute Gasteiger partial charge is 0.351 e. The van der Waals surface area contributed by atoms with Crippen LogP contribution in [-0.2, 0) is 16.4 Å². The minimum atomic E-state index is -3.11. The van der Waals surface area contributed by atoms with Crippen molar-refractivity contribution in [1.82, 2.24) is 14.5 Å². The molecule has 0 radical (unpaired) electrons. The first-order valence-corrected chi connectivity index (χ1v) is 11.7. The molecule has 27 heavy (non-hydrogen) atoms. The van der Waals surface area contributed by atoms with Crippen molar-refractivity contribution in [2.45, 2.75) is 6.42 Å². The van der Waals surface area contributed by atoms with Gasteiger partial charge >= 0.3 is 0 Å². The number of hydrogen-bond acceptors (Lipinski definition) is 5. The van der Waals surface area contributed by atoms with E-state index in [4.69, 9.17) is 0 Å². The van der Waals surface area contributed by atoms with E-state index >= 15 is 0 Å². The summed E-state index contributed by atoms with van der Waals surface area (Å²) in [5.74, 6) is -0.0584. The van der Waals surface area contributed by atoms with Gasteiger partial charge in [0, 0.05) is 56.1 Å². The highest BCUT2D eigenvalue weighted by atomic mass is 32.2. The zero-order chi connectivity index (χ0) is 19.3. The van der Waals surface area contributed by atoms with Crippen LogP contribution in [0, 0.1) is 0 Å². The van der Waals surface area contributed by atoms with Gasteiger partial charge in [-0.25, -0.2) is 8.42 Å². The SMILES string of the molecule is CS(=O)(=O)N1CCN(CCNC(=O)c2ccccc2Cc2cccs2)CC1. The summed E-state index contributed by atoms with van der Waals surface area (Å²) in [7, 11) is -3.11. The van der Waals surface area contributed by atoms with E-state index in [1.165, 1.54) is 15.4 Å². The van der Waals surface area contributed by atoms with Gasteiger partial charge in [0.15, 0.2) is 0 Å². The molecule has 1 aromatic heterocycles. The van der Waals surface area contributed by atoms with E-state index in [-0.39, 0.29) is 5.91 Å². The minimum Gasteiger partial charge on any atom is -0.351 e. The van der Waals surface area contributed by atoms with Crippen molar-refractivity contribution in [2.75, 3.05) is 45.5 Å². The van der Waals surface area contributed by atoms with Crippen LogP contribution < -0.4 is 5.32 Å². The monoisotopic (exact) mass is 407 g/mol. The Bertz CT molecular complexity index is 858. The molecule has 3 rings (SSSR count). The Morgan fingerprint density at radius 3 is 2.52 bits per heavy atom. The number of hydrogen-bond donors (Lipinski definition) is 1. The fourth-order valence-electron chi connectivity index (χ4n) is 3.20. The number of carbonyl (C=O) groups excluding carboxylic acids is 1. The number of sulfonamides is 1. The summed E-state index contributed by atoms with van der Waals surface area (Å²) in [6.45, 7) is 3.67. The lowest BCUT2D eigenvalue weighted by Gasteiger charge is -2.33. The summed E-state index contributed by atoms with van der Waals surface area (Å²) in [5.41, 5.74) is 1.74. The Balaban J connectivity index is 1.49. The highest BCUT2D eigenvalue weighted by Crippen LogP contribution is 2.18. The molecule has 1 saturated heterocycles. The molecule has 0 unspecified atom stereocenters. The second-order valence-corrected chi connectivity index (χ2v) is 9.69. The maximum atomic E-state index is 12.6. The van der Waals surface area contributed by atoms with Crippen molar-refractivity contribution in [3.63, 3.8) is 0 Å². The number of carbonyl (C=O) groups is 1. The van der Waals surface area contributed by atoms with Crippen LogP contribution in [0.15, 0.2) is 41.8 Å². The molecule has 6 nitrogen and oxygen atoms in total. The van der Waals surface area contributed by atoms with Crippen LogP contribution in [0.25, 0.3) is 0 Å². The highest BCUT2D eigenvalue weighted by molar-refractivity contribution is 7.88. The lowest BCUT2D eigenvalue weighted by molar-refractivity contribution is 0.0944. The van der Waals surface area contributed by atoms with Gasteiger partial charge in [-0.05, 0) is 23.1 Å². The fourth-order valence-corrected chi connectivity index (χ4v) is 4.76. The van der Waals surface area contributed by atoms with Gasteiger partial charge in [0.1, 0.15) is 0 Å². The third-order valence-corrected chi connectivity index (χ3v) is 6.90. The number of benzene rings is 1. The first-order valence-electron chi connectivity index (χ1n) is 8.99. The van der Waals surface area contributed by atoms with Crippen molar-refractivity contribution >= 4 is 27.3 Å². The van der Waals surface area contributed by atoms with Crippen molar-refractivity contribution in [3.8, 4) is 0 Å². The third kappa shape index (κ3) is 5.62. The molecular weight excluding hydrogens is 382 g/mol. The Kier molecular flexibility index (Phi) is 6.64. The average Bonchev–Trinajstić information content (AvgIpc) is 3.15. The van der Waals surface area contributed by atoms with Gasteiger partial charge in [-0.2, -0.15) is 4.31 Å². The molecule has 0 spiro atoms. The molecule has 2 heterocycles. The molecule has 1 aliphatic rings. The van der Waals surface area contributed by atoms with E-state index in [2.05, 4.69) is 16.3 Å². The van der Waals surface area contributed by atoms with Crippen LogP contribution in [0.3, 0.4) is 0 Å². The Morgan fingerprint density at radius 1 is 1.11 bits per heavy atom. The smallest absolute Gasteiger partial charge is 0.251 e. The van der Waals surface area contributed by atoms with E-state index < -0.39 is 10.0 Å². The lowest BCUT2D eigenvalue weighted by atomic mass is 10.0. The standard InChI is InChI=1S/C19H25N3O3S2/c1-27(24,25)22-12-10-21(11-13-22)9-8-20-19(23)18-7-3-2-5-16(18)15-17-6-4-14-26-17/h2-7,14H,8-13,15H2,1H3,(H,20,23). The van der Waals surface area contributed by atoms with Crippen LogP contribution in [0.1, 0.15) is 20.8 Å². The molecule has 0 bridgehead atoms. The zero-order valence-corrected chi connectivity index (χ0v) is 17.1. The summed E-state index contributed by atoms with van der Waals surface area (Å²) in [6, 6.07) is 11.8. The van der Waals surface area contributed by atoms with E-state index in [1.807, 2.05) is 35.7 Å². The van der Waals surface area contributed by atoms with Gasteiger partial charge in [-0.15, -0.1) is 11.3 Å². The minimum absolute atomic E-state index is 0.0584. The molecule has 146 valence electrons. The zero-order valence-electron chi connectivity index (χ0n) is 15.4. The van der Waals surface area contributed by atoms with E-state index in [1.54, 1.807) is 11.3 Å². The van der Waals surface area contributed by atoms with Gasteiger partial charge in [0.05, 0.1) is 6.26 Å². The van der Waals surface area contributed by atoms with Gasteiger partial charge in [0.2, 0.25) is 10.0 Å². The molecule has 1 fully saturated rings. The Hall–Kier alpha value is -1.74. The molecule has 0 saturated carbocycles. The predicted molar refractivity (Wildman–Crippen MR) is 109 cm³/mol. The average molecular weight is 408 g/mol. The van der Waals surface area contributed by atoms with Crippen LogP contribution in [0.5, 0.6) is 0 Å². The fraction of sp³-hybridized carbons (Fsp3) is 0.421. The summed E-state index contributed by atoms with van der Waals surface area (Å²) in [5, 5.41) is 5.04. The number of thiophene rings is 1. The highest BCUT2D eigenvalue weighted by Gasteiger charge is 2.23. The molecular formula is C19H25N3O3S2. The van der Waals surface area contributed by atoms with Crippen LogP contribution in [0.4, 0.5) is 0 Å². The van der Waals surface area contributed by atoms with Crippen molar-refractivity contribution < 1.29 is 13.2 Å². The molecule has 0 aliphatic carbocycles. The molecule has 1 aromatic carbocycles. The van der Waals surface area contributed by atoms with Crippen molar-refractivity contribution in [1.29, 1.82) is 0 Å². The van der Waals surface area contributed by atoms with Gasteiger partial charge in [0.25, 0.3) is 5.91 Å². The van der Waals surface area contributed by atoms with Gasteiger partial charge < -0.3 is 5.32 Å². The maximum absolute atomic E-state index is 12.6. The van der Waals surface area contributed by atoms with Crippen molar-refractivity contribution in [3.05, 3.63) is 57.8 Å². The second-order valence-electron chi connectivity index (χ2n) is 6.67. The summed E-state index contributed by atoms with van der Waals surface area (Å²) >= 11 is 1.69. The molecule has 0 atom stereocenters. The van der Waals surface area contributed by atoms with Crippen LogP contribution >= 0.6 is 11.3 Å². The summed E-state index contributed by atoms with van der Waals surface area (Å²) in [6.07, 6.45) is 2.01. The third-order valence-electron chi connectivity index (χ3n) is 4.72. The number of piperazine rings is 1. The summed E-state index contributed by atoms with van der Waals surface area (Å²) in [4.78, 5) is 16.0. The Labute approximate surface area is 164 Å². The molecule has 1 amide bonds. The molecule has 1 N–H and O–H groups in total.